The minimum absolute atomic E-state index is 0.0768. The third kappa shape index (κ3) is 23.8. The number of methoxy groups -OCH3 is 16. The molecule has 738 valence electrons. The van der Waals surface area contributed by atoms with Crippen molar-refractivity contribution in [2.75, 3.05) is 114 Å². The lowest BCUT2D eigenvalue weighted by atomic mass is 10.0. The molecule has 0 radical (unpaired) electrons. The van der Waals surface area contributed by atoms with Crippen LogP contribution in [0.2, 0.25) is 0 Å². The highest BCUT2D eigenvalue weighted by molar-refractivity contribution is 6.01. The van der Waals surface area contributed by atoms with E-state index >= 15 is 0 Å². The van der Waals surface area contributed by atoms with Crippen LogP contribution in [0.4, 0.5) is 0 Å². The minimum Gasteiger partial charge on any atom is -0.497 e. The lowest BCUT2D eigenvalue weighted by molar-refractivity contribution is 0.288. The fraction of sp³-hybridized carbons (Fsp3) is 0.207. The Morgan fingerprint density at radius 2 is 0.271 bits per heavy atom. The zero-order valence-electron chi connectivity index (χ0n) is 82.8. The van der Waals surface area contributed by atoms with Gasteiger partial charge in [0.15, 0.2) is 0 Å². The number of fused-ring (bicyclic) bond motifs is 8. The van der Waals surface area contributed by atoms with Gasteiger partial charge in [-0.25, -0.2) is 9.97 Å². The Kier molecular flexibility index (Phi) is 31.0. The van der Waals surface area contributed by atoms with Gasteiger partial charge in [-0.3, -0.25) is 0 Å². The van der Waals surface area contributed by atoms with Gasteiger partial charge in [0.05, 0.1) is 137 Å². The standard InChI is InChI=1S/C116H110N4O24/c1-121-81-25-69(26-82(49-81)122-2)61-137-97-41-77(42-98(57-97)138-62-70-27-83(123-3)50-84(28-70)124-4)113-105-17-19-107(117-105)114(78-43-99(139-63-71-29-85(125-5)51-86(30-71)126-6)58-100(44-78)140-64-72-31-87(127-7)52-88(32-72)128-8)109-21-23-111(119-109)116(80-47-103(143-67-75-37-93(133-13)55-94(38-75)134-14)60-104(48-80)144-68-76-39-95(135-15)56-96(40-76)136-16)112-24-22-110(120-112)115(108-20-18-106(113)118-108)79-45-101(141-65-73-33-89(129-9)53-90(34-73)130-10)59-102(46-79)142-66-74-35-91(131-11)54-92(36-74)132-12/h17-60,117,120H,61-68H2,1-16H3. The predicted octanol–water partition coefficient (Wildman–Crippen LogP) is 24.1. The van der Waals surface area contributed by atoms with Crippen LogP contribution >= 0.6 is 0 Å². The highest BCUT2D eigenvalue weighted by Crippen LogP contribution is 2.47. The molecule has 28 nitrogen and oxygen atoms in total. The number of hydrogen-bond acceptors (Lipinski definition) is 26. The van der Waals surface area contributed by atoms with Gasteiger partial charge >= 0.3 is 0 Å². The van der Waals surface area contributed by atoms with E-state index in [4.69, 9.17) is 124 Å². The van der Waals surface area contributed by atoms with E-state index in [9.17, 15) is 0 Å². The molecule has 0 spiro atoms. The maximum Gasteiger partial charge on any atom is 0.124 e. The summed E-state index contributed by atoms with van der Waals surface area (Å²) in [6.07, 6.45) is 8.00. The molecule has 2 aliphatic rings. The molecule has 0 saturated heterocycles. The second-order valence-electron chi connectivity index (χ2n) is 33.4. The zero-order valence-corrected chi connectivity index (χ0v) is 82.8. The summed E-state index contributed by atoms with van der Waals surface area (Å²) in [5, 5.41) is 0. The molecule has 144 heavy (non-hydrogen) atoms. The van der Waals surface area contributed by atoms with Crippen LogP contribution in [0, 0.1) is 0 Å². The molecule has 15 aromatic rings. The van der Waals surface area contributed by atoms with Gasteiger partial charge in [0.2, 0.25) is 0 Å². The van der Waals surface area contributed by atoms with E-state index in [0.29, 0.717) is 227 Å². The Balaban J connectivity index is 0.965. The lowest BCUT2D eigenvalue weighted by Gasteiger charge is -2.16. The van der Waals surface area contributed by atoms with Gasteiger partial charge < -0.3 is 124 Å². The van der Waals surface area contributed by atoms with Gasteiger partial charge in [-0.05, 0) is 261 Å². The summed E-state index contributed by atoms with van der Waals surface area (Å²) >= 11 is 0. The van der Waals surface area contributed by atoms with Crippen molar-refractivity contribution in [2.45, 2.75) is 52.9 Å². The Morgan fingerprint density at radius 1 is 0.153 bits per heavy atom. The summed E-state index contributed by atoms with van der Waals surface area (Å²) in [7, 11) is 25.7. The van der Waals surface area contributed by atoms with Gasteiger partial charge in [0, 0.05) is 117 Å². The molecule has 0 atom stereocenters. The van der Waals surface area contributed by atoms with E-state index in [1.165, 1.54) is 0 Å². The Morgan fingerprint density at radius 3 is 0.389 bits per heavy atom. The fourth-order valence-corrected chi connectivity index (χ4v) is 16.9. The van der Waals surface area contributed by atoms with E-state index < -0.39 is 0 Å². The number of rotatable bonds is 44. The van der Waals surface area contributed by atoms with Crippen LogP contribution < -0.4 is 114 Å². The van der Waals surface area contributed by atoms with Gasteiger partial charge in [-0.15, -0.1) is 0 Å². The summed E-state index contributed by atoms with van der Waals surface area (Å²) in [5.41, 5.74) is 15.5. The Hall–Kier alpha value is -17.6. The number of benzene rings is 12. The molecule has 0 aliphatic carbocycles. The molecule has 5 heterocycles. The SMILES string of the molecule is COc1cc(COc2cc(OCc3cc(OC)cc(OC)c3)cc(-c3c4nc(c(-c5cc(OCc6cc(OC)cc(OC)c6)cc(OCc6cc(OC)cc(OC)c6)c5)c5ccc([nH]5)c(-c5cc(OCc6cc(OC)cc(OC)c6)cc(OCc6cc(OC)cc(OC)c6)c5)c5nc(c(-c6cc(OCc7cc(OC)cc(OC)c7)cc(OCc7cc(OC)cc(OC)c7)c6)c6ccc3[nH]6)C=C5)C=C4)c2)cc(OC)c1. The van der Waals surface area contributed by atoms with Crippen LogP contribution in [0.3, 0.4) is 0 Å². The van der Waals surface area contributed by atoms with E-state index in [2.05, 4.69) is 9.97 Å². The smallest absolute Gasteiger partial charge is 0.124 e. The summed E-state index contributed by atoms with van der Waals surface area (Å²) in [6, 6.07) is 76.2. The van der Waals surface area contributed by atoms with Crippen molar-refractivity contribution in [3.63, 3.8) is 0 Å². The number of aromatic nitrogens is 4. The first-order valence-corrected chi connectivity index (χ1v) is 45.9. The molecule has 28 heteroatoms. The van der Waals surface area contributed by atoms with Crippen molar-refractivity contribution >= 4 is 46.4 Å². The quantitative estimate of drug-likeness (QED) is 0.0359. The second kappa shape index (κ2) is 45.6. The predicted molar refractivity (Wildman–Crippen MR) is 552 cm³/mol. The molecule has 2 aliphatic heterocycles. The molecular formula is C116H110N4O24. The van der Waals surface area contributed by atoms with Crippen LogP contribution in [-0.4, -0.2) is 134 Å². The molecule has 17 rings (SSSR count). The number of H-pyrrole nitrogens is 2. The maximum atomic E-state index is 6.99. The topological polar surface area (TPSA) is 279 Å². The average Bonchev–Trinajstić information content (AvgIpc) is 1.60. The largest absolute Gasteiger partial charge is 0.497 e. The molecule has 12 aromatic carbocycles. The van der Waals surface area contributed by atoms with Crippen molar-refractivity contribution in [3.05, 3.63) is 310 Å². The summed E-state index contributed by atoms with van der Waals surface area (Å²) < 4.78 is 148. The number of nitrogens with one attached hydrogen (secondary N) is 2. The number of ether oxygens (including phenoxy) is 24. The summed E-state index contributed by atoms with van der Waals surface area (Å²) in [6.45, 7) is 0.615. The van der Waals surface area contributed by atoms with E-state index in [0.717, 1.165) is 44.5 Å². The third-order valence-electron chi connectivity index (χ3n) is 24.0. The highest BCUT2D eigenvalue weighted by Gasteiger charge is 2.26. The normalized spacial score (nSPS) is 11.2. The first-order chi connectivity index (χ1) is 70.3. The van der Waals surface area contributed by atoms with Crippen LogP contribution in [0.5, 0.6) is 138 Å². The lowest BCUT2D eigenvalue weighted by Crippen LogP contribution is -2.01. The average molecular weight is 1940 g/mol. The Bertz CT molecular complexity index is 6080. The first-order valence-electron chi connectivity index (χ1n) is 45.9. The third-order valence-corrected chi connectivity index (χ3v) is 24.0. The van der Waals surface area contributed by atoms with Gasteiger partial charge in [0.1, 0.15) is 191 Å². The van der Waals surface area contributed by atoms with E-state index in [1.807, 2.05) is 267 Å². The van der Waals surface area contributed by atoms with Crippen molar-refractivity contribution in [3.8, 4) is 182 Å². The maximum absolute atomic E-state index is 6.99. The molecule has 0 amide bonds. The van der Waals surface area contributed by atoms with Crippen LogP contribution in [0.15, 0.2) is 243 Å². The van der Waals surface area contributed by atoms with Crippen LogP contribution in [0.25, 0.3) is 90.9 Å². The first kappa shape index (κ1) is 98.1. The Labute approximate surface area is 834 Å². The van der Waals surface area contributed by atoms with Gasteiger partial charge in [0.25, 0.3) is 0 Å². The fourth-order valence-electron chi connectivity index (χ4n) is 16.9. The molecule has 8 bridgehead atoms. The van der Waals surface area contributed by atoms with Crippen LogP contribution in [-0.2, 0) is 52.9 Å². The molecule has 0 fully saturated rings. The van der Waals surface area contributed by atoms with Gasteiger partial charge in [-0.2, -0.15) is 0 Å². The number of nitrogens with zero attached hydrogens (tertiary/aromatic N) is 2. The van der Waals surface area contributed by atoms with Crippen molar-refractivity contribution < 1.29 is 114 Å². The van der Waals surface area contributed by atoms with Crippen molar-refractivity contribution in [1.82, 2.24) is 19.9 Å². The highest BCUT2D eigenvalue weighted by atomic mass is 16.5. The second-order valence-corrected chi connectivity index (χ2v) is 33.4. The van der Waals surface area contributed by atoms with Crippen LogP contribution in [0.1, 0.15) is 67.3 Å². The van der Waals surface area contributed by atoms with Gasteiger partial charge in [-0.1, -0.05) is 0 Å². The zero-order chi connectivity index (χ0) is 100. The molecular weight excluding hydrogens is 1830 g/mol. The number of aromatic amines is 2. The minimum atomic E-state index is 0.0768. The molecule has 3 aromatic heterocycles. The monoisotopic (exact) mass is 1940 g/mol. The van der Waals surface area contributed by atoms with E-state index in [-0.39, 0.29) is 52.9 Å². The molecule has 0 saturated carbocycles. The molecule has 0 unspecified atom stereocenters. The van der Waals surface area contributed by atoms with E-state index in [1.54, 1.807) is 114 Å². The number of hydrogen-bond donors (Lipinski definition) is 2. The summed E-state index contributed by atoms with van der Waals surface area (Å²) in [5.74, 6) is 12.8. The summed E-state index contributed by atoms with van der Waals surface area (Å²) in [4.78, 5) is 19.8. The van der Waals surface area contributed by atoms with Crippen molar-refractivity contribution in [2.24, 2.45) is 0 Å². The molecule has 2 N–H and O–H groups in total. The van der Waals surface area contributed by atoms with Crippen molar-refractivity contribution in [1.29, 1.82) is 0 Å².